The van der Waals surface area contributed by atoms with E-state index in [0.29, 0.717) is 0 Å². The minimum atomic E-state index is 0.868. The van der Waals surface area contributed by atoms with E-state index in [-0.39, 0.29) is 0 Å². The van der Waals surface area contributed by atoms with Crippen molar-refractivity contribution in [2.75, 3.05) is 32.8 Å². The topological polar surface area (TPSA) is 9.23 Å². The van der Waals surface area contributed by atoms with Crippen LogP contribution in [0.15, 0.2) is 18.2 Å². The fourth-order valence-electron chi connectivity index (χ4n) is 4.02. The SMILES string of the molecule is Cc1ccc(OCCC[N+]23CCC(CC2)CC3)c(C)c1. The molecule has 2 heteroatoms. The fourth-order valence-corrected chi connectivity index (χ4v) is 4.02. The number of fused-ring (bicyclic) bond motifs is 3. The van der Waals surface area contributed by atoms with E-state index in [1.165, 1.54) is 67.5 Å². The first kappa shape index (κ1) is 13.9. The third-order valence-corrected chi connectivity index (χ3v) is 5.40. The number of aryl methyl sites for hydroxylation is 2. The number of benzene rings is 1. The highest BCUT2D eigenvalue weighted by molar-refractivity contribution is 5.35. The van der Waals surface area contributed by atoms with Crippen molar-refractivity contribution in [1.82, 2.24) is 0 Å². The van der Waals surface area contributed by atoms with Crippen LogP contribution in [0, 0.1) is 19.8 Å². The van der Waals surface area contributed by atoms with E-state index in [1.54, 1.807) is 0 Å². The van der Waals surface area contributed by atoms with Crippen LogP contribution in [0.3, 0.4) is 0 Å². The van der Waals surface area contributed by atoms with Gasteiger partial charge in [-0.1, -0.05) is 17.7 Å². The lowest BCUT2D eigenvalue weighted by Crippen LogP contribution is -2.58. The van der Waals surface area contributed by atoms with Crippen LogP contribution in [0.4, 0.5) is 0 Å². The van der Waals surface area contributed by atoms with Crippen LogP contribution in [0.25, 0.3) is 0 Å². The largest absolute Gasteiger partial charge is 0.493 e. The summed E-state index contributed by atoms with van der Waals surface area (Å²) in [6.07, 6.45) is 5.60. The molecule has 3 aliphatic rings. The summed E-state index contributed by atoms with van der Waals surface area (Å²) in [4.78, 5) is 0. The van der Waals surface area contributed by atoms with Crippen molar-refractivity contribution in [2.45, 2.75) is 39.5 Å². The maximum absolute atomic E-state index is 5.98. The van der Waals surface area contributed by atoms with Crippen LogP contribution in [0.1, 0.15) is 36.8 Å². The Bertz CT molecular complexity index is 447. The van der Waals surface area contributed by atoms with Crippen LogP contribution in [-0.2, 0) is 0 Å². The van der Waals surface area contributed by atoms with Gasteiger partial charge < -0.3 is 9.22 Å². The van der Waals surface area contributed by atoms with Crippen LogP contribution in [0.5, 0.6) is 5.75 Å². The molecule has 0 amide bonds. The lowest BCUT2D eigenvalue weighted by Gasteiger charge is -2.49. The van der Waals surface area contributed by atoms with Crippen molar-refractivity contribution in [2.24, 2.45) is 5.92 Å². The molecule has 110 valence electrons. The predicted octanol–water partition coefficient (Wildman–Crippen LogP) is 3.70. The molecule has 0 atom stereocenters. The summed E-state index contributed by atoms with van der Waals surface area (Å²) >= 11 is 0. The number of hydrogen-bond acceptors (Lipinski definition) is 1. The Morgan fingerprint density at radius 1 is 1.10 bits per heavy atom. The molecule has 2 bridgehead atoms. The van der Waals surface area contributed by atoms with Gasteiger partial charge in [-0.2, -0.15) is 0 Å². The first-order valence-electron chi connectivity index (χ1n) is 8.22. The van der Waals surface area contributed by atoms with Crippen LogP contribution in [0.2, 0.25) is 0 Å². The van der Waals surface area contributed by atoms with E-state index in [4.69, 9.17) is 4.74 Å². The van der Waals surface area contributed by atoms with Gasteiger partial charge in [0.05, 0.1) is 32.8 Å². The van der Waals surface area contributed by atoms with E-state index in [1.807, 2.05) is 0 Å². The Hall–Kier alpha value is -1.02. The summed E-state index contributed by atoms with van der Waals surface area (Å²) in [5.41, 5.74) is 2.57. The first-order valence-corrected chi connectivity index (χ1v) is 8.22. The van der Waals surface area contributed by atoms with Crippen molar-refractivity contribution in [1.29, 1.82) is 0 Å². The highest BCUT2D eigenvalue weighted by Gasteiger charge is 2.38. The van der Waals surface area contributed by atoms with Gasteiger partial charge in [-0.05, 0) is 50.7 Å². The van der Waals surface area contributed by atoms with Crippen molar-refractivity contribution in [3.8, 4) is 5.75 Å². The van der Waals surface area contributed by atoms with Crippen molar-refractivity contribution >= 4 is 0 Å². The summed E-state index contributed by atoms with van der Waals surface area (Å²) in [6.45, 7) is 10.7. The average Bonchev–Trinajstić information content (AvgIpc) is 2.47. The molecule has 3 aliphatic heterocycles. The van der Waals surface area contributed by atoms with Crippen molar-refractivity contribution < 1.29 is 9.22 Å². The van der Waals surface area contributed by atoms with Gasteiger partial charge in [0.25, 0.3) is 0 Å². The quantitative estimate of drug-likeness (QED) is 0.587. The van der Waals surface area contributed by atoms with Gasteiger partial charge in [0.2, 0.25) is 0 Å². The Morgan fingerprint density at radius 3 is 2.45 bits per heavy atom. The monoisotopic (exact) mass is 274 g/mol. The van der Waals surface area contributed by atoms with Gasteiger partial charge in [-0.15, -0.1) is 0 Å². The Labute approximate surface area is 123 Å². The zero-order valence-corrected chi connectivity index (χ0v) is 13.0. The van der Waals surface area contributed by atoms with Gasteiger partial charge in [-0.3, -0.25) is 0 Å². The molecule has 3 heterocycles. The van der Waals surface area contributed by atoms with E-state index in [0.717, 1.165) is 18.3 Å². The summed E-state index contributed by atoms with van der Waals surface area (Å²) in [5.74, 6) is 2.12. The maximum Gasteiger partial charge on any atom is 0.122 e. The molecule has 0 spiro atoms. The second kappa shape index (κ2) is 5.77. The number of nitrogens with zero attached hydrogens (tertiary/aromatic N) is 1. The first-order chi connectivity index (χ1) is 9.67. The zero-order valence-electron chi connectivity index (χ0n) is 13.0. The third kappa shape index (κ3) is 3.01. The van der Waals surface area contributed by atoms with Crippen LogP contribution in [-0.4, -0.2) is 37.3 Å². The van der Waals surface area contributed by atoms with Gasteiger partial charge in [0, 0.05) is 6.42 Å². The minimum Gasteiger partial charge on any atom is -0.493 e. The summed E-state index contributed by atoms with van der Waals surface area (Å²) in [7, 11) is 0. The molecule has 0 aliphatic carbocycles. The Kier molecular flexibility index (Phi) is 4.02. The summed E-state index contributed by atoms with van der Waals surface area (Å²) in [5, 5.41) is 0. The van der Waals surface area contributed by atoms with Gasteiger partial charge in [-0.25, -0.2) is 0 Å². The third-order valence-electron chi connectivity index (χ3n) is 5.40. The molecule has 1 aromatic carbocycles. The smallest absolute Gasteiger partial charge is 0.122 e. The molecule has 20 heavy (non-hydrogen) atoms. The van der Waals surface area contributed by atoms with Crippen LogP contribution < -0.4 is 4.74 Å². The van der Waals surface area contributed by atoms with E-state index < -0.39 is 0 Å². The second-order valence-corrected chi connectivity index (χ2v) is 6.94. The molecule has 4 rings (SSSR count). The molecule has 0 saturated carbocycles. The molecule has 0 unspecified atom stereocenters. The number of ether oxygens (including phenoxy) is 1. The number of rotatable bonds is 5. The molecule has 2 nitrogen and oxygen atoms in total. The fraction of sp³-hybridized carbons (Fsp3) is 0.667. The van der Waals surface area contributed by atoms with Crippen molar-refractivity contribution in [3.63, 3.8) is 0 Å². The van der Waals surface area contributed by atoms with Gasteiger partial charge in [0.15, 0.2) is 0 Å². The molecule has 0 aromatic heterocycles. The Morgan fingerprint density at radius 2 is 1.80 bits per heavy atom. The van der Waals surface area contributed by atoms with Crippen molar-refractivity contribution in [3.05, 3.63) is 29.3 Å². The summed E-state index contributed by atoms with van der Waals surface area (Å²) < 4.78 is 7.36. The normalized spacial score (nSPS) is 28.6. The van der Waals surface area contributed by atoms with E-state index in [2.05, 4.69) is 32.0 Å². The summed E-state index contributed by atoms with van der Waals surface area (Å²) in [6, 6.07) is 6.45. The number of hydrogen-bond donors (Lipinski definition) is 0. The second-order valence-electron chi connectivity index (χ2n) is 6.94. The molecule has 3 saturated heterocycles. The zero-order chi connectivity index (χ0) is 14.0. The standard InChI is InChI=1S/C18H28NO/c1-15-4-5-18(16(2)14-15)20-13-3-9-19-10-6-17(7-11-19)8-12-19/h4-5,14,17H,3,6-13H2,1-2H3/q+1. The molecule has 1 aromatic rings. The number of piperidine rings is 3. The molecular weight excluding hydrogens is 246 g/mol. The maximum atomic E-state index is 5.98. The lowest BCUT2D eigenvalue weighted by molar-refractivity contribution is -0.942. The van der Waals surface area contributed by atoms with Gasteiger partial charge >= 0.3 is 0 Å². The minimum absolute atomic E-state index is 0.868. The molecule has 0 radical (unpaired) electrons. The van der Waals surface area contributed by atoms with Crippen LogP contribution >= 0.6 is 0 Å². The van der Waals surface area contributed by atoms with E-state index in [9.17, 15) is 0 Å². The van der Waals surface area contributed by atoms with Gasteiger partial charge in [0.1, 0.15) is 5.75 Å². The predicted molar refractivity (Wildman–Crippen MR) is 83.1 cm³/mol. The highest BCUT2D eigenvalue weighted by Crippen LogP contribution is 2.33. The molecule has 3 fully saturated rings. The lowest BCUT2D eigenvalue weighted by atomic mass is 9.85. The molecular formula is C18H28NO+. The molecule has 0 N–H and O–H groups in total. The average molecular weight is 274 g/mol. The van der Waals surface area contributed by atoms with E-state index >= 15 is 0 Å². The Balaban J connectivity index is 1.46. The number of quaternary nitrogens is 1. The highest BCUT2D eigenvalue weighted by atomic mass is 16.5.